The number of likely N-dealkylation sites (N-methyl/N-ethyl adjacent to an activating group) is 1. The van der Waals surface area contributed by atoms with Crippen molar-refractivity contribution in [1.29, 1.82) is 0 Å². The topological polar surface area (TPSA) is 83.2 Å². The van der Waals surface area contributed by atoms with Gasteiger partial charge in [0.25, 0.3) is 11.7 Å². The van der Waals surface area contributed by atoms with Crippen LogP contribution >= 0.6 is 11.6 Å². The molecular weight excluding hydrogens is 420 g/mol. The number of amides is 1. The van der Waals surface area contributed by atoms with Crippen LogP contribution in [0.3, 0.4) is 0 Å². The molecule has 0 aliphatic carbocycles. The number of ether oxygens (including phenoxy) is 1. The Morgan fingerprint density at radius 2 is 1.94 bits per heavy atom. The van der Waals surface area contributed by atoms with Crippen molar-refractivity contribution in [3.8, 4) is 5.75 Å². The summed E-state index contributed by atoms with van der Waals surface area (Å²) in [6.45, 7) is 8.42. The molecule has 8 heteroatoms. The van der Waals surface area contributed by atoms with Crippen LogP contribution in [0, 0.1) is 6.92 Å². The van der Waals surface area contributed by atoms with Crippen LogP contribution in [0.15, 0.2) is 40.3 Å². The van der Waals surface area contributed by atoms with Gasteiger partial charge in [-0.1, -0.05) is 25.4 Å². The highest BCUT2D eigenvalue weighted by molar-refractivity contribution is 6.47. The van der Waals surface area contributed by atoms with Gasteiger partial charge in [-0.05, 0) is 50.3 Å². The summed E-state index contributed by atoms with van der Waals surface area (Å²) in [7, 11) is 1.49. The maximum absolute atomic E-state index is 13.0. The van der Waals surface area contributed by atoms with E-state index in [1.54, 1.807) is 31.2 Å². The molecule has 1 N–H and O–H groups in total. The smallest absolute Gasteiger partial charge is 0.295 e. The number of hydrogen-bond donors (Lipinski definition) is 1. The quantitative estimate of drug-likeness (QED) is 0.374. The fourth-order valence-corrected chi connectivity index (χ4v) is 3.96. The van der Waals surface area contributed by atoms with Crippen molar-refractivity contribution in [2.24, 2.45) is 0 Å². The summed E-state index contributed by atoms with van der Waals surface area (Å²) in [5, 5.41) is 11.4. The number of aliphatic hydroxyl groups is 1. The van der Waals surface area contributed by atoms with Gasteiger partial charge in [-0.25, -0.2) is 0 Å². The number of rotatable bonds is 8. The summed E-state index contributed by atoms with van der Waals surface area (Å²) in [5.41, 5.74) is 0.171. The van der Waals surface area contributed by atoms with E-state index in [4.69, 9.17) is 20.8 Å². The Morgan fingerprint density at radius 3 is 2.52 bits per heavy atom. The molecule has 1 aromatic heterocycles. The van der Waals surface area contributed by atoms with E-state index >= 15 is 0 Å². The molecular formula is C23H27ClN2O5. The first-order valence-corrected chi connectivity index (χ1v) is 10.6. The lowest BCUT2D eigenvalue weighted by molar-refractivity contribution is -0.140. The first-order valence-electron chi connectivity index (χ1n) is 10.2. The highest BCUT2D eigenvalue weighted by Gasteiger charge is 2.47. The molecule has 2 aromatic rings. The summed E-state index contributed by atoms with van der Waals surface area (Å²) in [5.74, 6) is -0.277. The number of aliphatic hydroxyl groups excluding tert-OH is 1. The van der Waals surface area contributed by atoms with Gasteiger partial charge in [0, 0.05) is 18.7 Å². The van der Waals surface area contributed by atoms with E-state index in [0.29, 0.717) is 30.4 Å². The number of aryl methyl sites for hydroxylation is 1. The number of nitrogens with zero attached hydrogens (tertiary/aromatic N) is 2. The molecule has 0 bridgehead atoms. The minimum atomic E-state index is -0.841. The second-order valence-electron chi connectivity index (χ2n) is 7.31. The molecule has 1 fully saturated rings. The van der Waals surface area contributed by atoms with Gasteiger partial charge in [0.1, 0.15) is 29.1 Å². The lowest BCUT2D eigenvalue weighted by atomic mass is 9.99. The Hall–Kier alpha value is -2.77. The lowest BCUT2D eigenvalue weighted by Crippen LogP contribution is -2.37. The predicted molar refractivity (Wildman–Crippen MR) is 118 cm³/mol. The molecule has 1 saturated heterocycles. The Morgan fingerprint density at radius 1 is 1.23 bits per heavy atom. The van der Waals surface area contributed by atoms with Crippen molar-refractivity contribution in [2.45, 2.75) is 26.8 Å². The van der Waals surface area contributed by atoms with Gasteiger partial charge < -0.3 is 24.1 Å². The third kappa shape index (κ3) is 4.48. The van der Waals surface area contributed by atoms with Gasteiger partial charge in [-0.3, -0.25) is 9.59 Å². The van der Waals surface area contributed by atoms with Gasteiger partial charge >= 0.3 is 0 Å². The zero-order chi connectivity index (χ0) is 22.7. The monoisotopic (exact) mass is 446 g/mol. The van der Waals surface area contributed by atoms with Crippen molar-refractivity contribution >= 4 is 29.1 Å². The number of ketones is 1. The molecule has 0 radical (unpaired) electrons. The fourth-order valence-electron chi connectivity index (χ4n) is 3.75. The van der Waals surface area contributed by atoms with E-state index < -0.39 is 17.7 Å². The number of likely N-dealkylation sites (tertiary alicyclic amines) is 1. The summed E-state index contributed by atoms with van der Waals surface area (Å²) in [4.78, 5) is 29.6. The van der Waals surface area contributed by atoms with E-state index in [2.05, 4.69) is 4.90 Å². The zero-order valence-electron chi connectivity index (χ0n) is 18.1. The SMILES string of the molecule is CCN(CC)CCN1C(=O)C(=O)/C(=C(/O)c2cc(OC)ccc2Cl)C1c1ccc(C)o1. The maximum Gasteiger partial charge on any atom is 0.295 e. The molecule has 7 nitrogen and oxygen atoms in total. The Balaban J connectivity index is 2.12. The lowest BCUT2D eigenvalue weighted by Gasteiger charge is -2.26. The van der Waals surface area contributed by atoms with Crippen molar-refractivity contribution in [2.75, 3.05) is 33.3 Å². The number of Topliss-reactive ketones (excluding diaryl/α,β-unsaturated/α-hetero) is 1. The van der Waals surface area contributed by atoms with Crippen molar-refractivity contribution in [3.05, 3.63) is 58.0 Å². The predicted octanol–water partition coefficient (Wildman–Crippen LogP) is 4.01. The zero-order valence-corrected chi connectivity index (χ0v) is 18.9. The molecule has 2 heterocycles. The van der Waals surface area contributed by atoms with E-state index in [1.807, 2.05) is 13.8 Å². The van der Waals surface area contributed by atoms with Crippen LogP contribution in [0.5, 0.6) is 5.75 Å². The Labute approximate surface area is 186 Å². The number of carbonyl (C=O) groups is 2. The highest BCUT2D eigenvalue weighted by Crippen LogP contribution is 2.41. The molecule has 1 aliphatic rings. The molecule has 166 valence electrons. The van der Waals surface area contributed by atoms with Crippen molar-refractivity contribution in [1.82, 2.24) is 9.80 Å². The number of halogens is 1. The van der Waals surface area contributed by atoms with Gasteiger partial charge in [0.2, 0.25) is 0 Å². The van der Waals surface area contributed by atoms with Crippen LogP contribution in [0.1, 0.15) is 37.0 Å². The molecule has 0 saturated carbocycles. The average molecular weight is 447 g/mol. The van der Waals surface area contributed by atoms with Gasteiger partial charge in [0.05, 0.1) is 17.7 Å². The van der Waals surface area contributed by atoms with E-state index in [1.165, 1.54) is 18.1 Å². The number of furan rings is 1. The van der Waals surface area contributed by atoms with E-state index in [9.17, 15) is 14.7 Å². The third-order valence-corrected chi connectivity index (χ3v) is 5.88. The molecule has 1 atom stereocenters. The Bertz CT molecular complexity index is 1010. The molecule has 31 heavy (non-hydrogen) atoms. The van der Waals surface area contributed by atoms with Crippen LogP contribution in [-0.4, -0.2) is 59.9 Å². The second kappa shape index (κ2) is 9.58. The average Bonchev–Trinajstić information content (AvgIpc) is 3.30. The first-order chi connectivity index (χ1) is 14.8. The number of benzene rings is 1. The molecule has 1 amide bonds. The van der Waals surface area contributed by atoms with Gasteiger partial charge in [-0.2, -0.15) is 0 Å². The summed E-state index contributed by atoms with van der Waals surface area (Å²) < 4.78 is 11.0. The molecule has 0 spiro atoms. The molecule has 1 unspecified atom stereocenters. The van der Waals surface area contributed by atoms with Crippen LogP contribution < -0.4 is 4.74 Å². The van der Waals surface area contributed by atoms with Crippen LogP contribution in [0.2, 0.25) is 5.02 Å². The van der Waals surface area contributed by atoms with E-state index in [0.717, 1.165) is 13.1 Å². The highest BCUT2D eigenvalue weighted by atomic mass is 35.5. The van der Waals surface area contributed by atoms with Crippen LogP contribution in [0.4, 0.5) is 0 Å². The first kappa shape index (κ1) is 22.9. The maximum atomic E-state index is 13.0. The van der Waals surface area contributed by atoms with Gasteiger partial charge in [-0.15, -0.1) is 0 Å². The van der Waals surface area contributed by atoms with Crippen molar-refractivity contribution < 1.29 is 23.8 Å². The number of methoxy groups -OCH3 is 1. The fraction of sp³-hybridized carbons (Fsp3) is 0.391. The summed E-state index contributed by atoms with van der Waals surface area (Å²) in [6, 6.07) is 7.39. The Kier molecular flexibility index (Phi) is 7.08. The molecule has 1 aromatic carbocycles. The van der Waals surface area contributed by atoms with E-state index in [-0.39, 0.29) is 21.9 Å². The minimum absolute atomic E-state index is 0.0472. The largest absolute Gasteiger partial charge is 0.507 e. The van der Waals surface area contributed by atoms with Crippen LogP contribution in [0.25, 0.3) is 5.76 Å². The summed E-state index contributed by atoms with van der Waals surface area (Å²) in [6.07, 6.45) is 0. The number of hydrogen-bond acceptors (Lipinski definition) is 6. The summed E-state index contributed by atoms with van der Waals surface area (Å²) >= 11 is 6.30. The standard InChI is InChI=1S/C23H27ClN2O5/c1-5-25(6-2)11-12-26-20(18-10-7-14(3)31-18)19(22(28)23(26)29)21(27)16-13-15(30-4)8-9-17(16)24/h7-10,13,20,27H,5-6,11-12H2,1-4H3/b21-19+. The van der Waals surface area contributed by atoms with Crippen LogP contribution in [-0.2, 0) is 9.59 Å². The van der Waals surface area contributed by atoms with Crippen molar-refractivity contribution in [3.63, 3.8) is 0 Å². The van der Waals surface area contributed by atoms with Gasteiger partial charge in [0.15, 0.2) is 0 Å². The molecule has 3 rings (SSSR count). The number of carbonyl (C=O) groups excluding carboxylic acids is 2. The second-order valence-corrected chi connectivity index (χ2v) is 7.72. The normalized spacial score (nSPS) is 18.3. The molecule has 1 aliphatic heterocycles. The third-order valence-electron chi connectivity index (χ3n) is 5.55. The minimum Gasteiger partial charge on any atom is -0.507 e.